The molecule has 0 aliphatic heterocycles. The second-order valence-corrected chi connectivity index (χ2v) is 5.16. The van der Waals surface area contributed by atoms with Crippen molar-refractivity contribution in [1.82, 2.24) is 0 Å². The minimum atomic E-state index is 0.387. The van der Waals surface area contributed by atoms with Crippen molar-refractivity contribution in [1.29, 1.82) is 0 Å². The van der Waals surface area contributed by atoms with Crippen LogP contribution in [0.3, 0.4) is 0 Å². The van der Waals surface area contributed by atoms with E-state index in [-0.39, 0.29) is 0 Å². The van der Waals surface area contributed by atoms with Crippen molar-refractivity contribution in [2.24, 2.45) is 0 Å². The monoisotopic (exact) mass is 268 g/mol. The average Bonchev–Trinajstić information content (AvgIpc) is 2.26. The summed E-state index contributed by atoms with van der Waals surface area (Å²) in [6, 6.07) is 8.80. The molecular weight excluding hydrogens is 248 g/mol. The third-order valence-corrected chi connectivity index (χ3v) is 4.01. The van der Waals surface area contributed by atoms with Gasteiger partial charge in [0.25, 0.3) is 0 Å². The molecule has 0 saturated carbocycles. The van der Waals surface area contributed by atoms with Crippen LogP contribution in [-0.4, -0.2) is 0 Å². The Balaban J connectivity index is 3.07. The number of hydrogen-bond donors (Lipinski definition) is 0. The summed E-state index contributed by atoms with van der Waals surface area (Å²) in [5.41, 5.74) is 1.88. The van der Waals surface area contributed by atoms with Crippen molar-refractivity contribution >= 4 is 15.9 Å². The number of hydrogen-bond acceptors (Lipinski definition) is 0. The quantitative estimate of drug-likeness (QED) is 0.679. The lowest BCUT2D eigenvalue weighted by Gasteiger charge is -2.32. The Morgan fingerprint density at radius 3 is 2.27 bits per heavy atom. The molecule has 0 aromatic heterocycles. The number of rotatable bonds is 5. The first-order valence-electron chi connectivity index (χ1n) is 5.94. The van der Waals surface area contributed by atoms with E-state index >= 15 is 0 Å². The summed E-state index contributed by atoms with van der Waals surface area (Å²) < 4.78 is 1.20. The Morgan fingerprint density at radius 2 is 1.80 bits per heavy atom. The Labute approximate surface area is 102 Å². The van der Waals surface area contributed by atoms with Gasteiger partial charge in [-0.05, 0) is 42.4 Å². The predicted molar refractivity (Wildman–Crippen MR) is 71.3 cm³/mol. The van der Waals surface area contributed by atoms with Gasteiger partial charge in [0.05, 0.1) is 0 Å². The maximum absolute atomic E-state index is 3.56. The van der Waals surface area contributed by atoms with Gasteiger partial charge in [0, 0.05) is 4.47 Å². The molecule has 0 bridgehead atoms. The van der Waals surface area contributed by atoms with Crippen LogP contribution >= 0.6 is 15.9 Å². The Kier molecular flexibility index (Phi) is 4.85. The predicted octanol–water partition coefficient (Wildman–Crippen LogP) is 5.31. The van der Waals surface area contributed by atoms with Gasteiger partial charge in [-0.25, -0.2) is 0 Å². The molecule has 1 aromatic carbocycles. The molecule has 0 nitrogen and oxygen atoms in total. The second-order valence-electron chi connectivity index (χ2n) is 4.25. The zero-order chi connectivity index (χ0) is 11.3. The van der Waals surface area contributed by atoms with Gasteiger partial charge in [0.15, 0.2) is 0 Å². The third kappa shape index (κ3) is 2.84. The highest BCUT2D eigenvalue weighted by Gasteiger charge is 2.27. The van der Waals surface area contributed by atoms with Gasteiger partial charge in [0.2, 0.25) is 0 Å². The van der Waals surface area contributed by atoms with Gasteiger partial charge in [0.1, 0.15) is 0 Å². The summed E-state index contributed by atoms with van der Waals surface area (Å²) in [7, 11) is 0. The van der Waals surface area contributed by atoms with E-state index in [4.69, 9.17) is 0 Å². The van der Waals surface area contributed by atoms with Crippen LogP contribution in [0.15, 0.2) is 28.7 Å². The second kappa shape index (κ2) is 5.69. The normalized spacial score (nSPS) is 11.7. The molecule has 0 spiro atoms. The molecule has 0 atom stereocenters. The largest absolute Gasteiger partial charge is 0.0654 e. The molecule has 0 aliphatic rings. The zero-order valence-corrected chi connectivity index (χ0v) is 11.6. The van der Waals surface area contributed by atoms with Gasteiger partial charge in [-0.1, -0.05) is 55.3 Å². The van der Waals surface area contributed by atoms with E-state index in [2.05, 4.69) is 61.0 Å². The molecule has 0 amide bonds. The minimum Gasteiger partial charge on any atom is -0.0654 e. The highest BCUT2D eigenvalue weighted by Crippen LogP contribution is 2.37. The average molecular weight is 269 g/mol. The lowest BCUT2D eigenvalue weighted by Crippen LogP contribution is -2.24. The number of benzene rings is 1. The molecule has 0 N–H and O–H groups in total. The Bertz CT molecular complexity index is 300. The molecule has 0 radical (unpaired) electrons. The van der Waals surface area contributed by atoms with Gasteiger partial charge in [-0.15, -0.1) is 0 Å². The van der Waals surface area contributed by atoms with Crippen molar-refractivity contribution in [3.8, 4) is 0 Å². The summed E-state index contributed by atoms with van der Waals surface area (Å²) in [5, 5.41) is 0. The molecule has 1 aromatic rings. The maximum atomic E-state index is 3.56. The Morgan fingerprint density at radius 1 is 1.13 bits per heavy atom. The fourth-order valence-corrected chi connectivity index (χ4v) is 2.85. The zero-order valence-electron chi connectivity index (χ0n) is 10.0. The van der Waals surface area contributed by atoms with Crippen molar-refractivity contribution in [2.45, 2.75) is 51.9 Å². The van der Waals surface area contributed by atoms with Gasteiger partial charge in [-0.2, -0.15) is 0 Å². The smallest absolute Gasteiger partial charge is 0.0178 e. The summed E-state index contributed by atoms with van der Waals surface area (Å²) in [6.07, 6.45) is 5.01. The third-order valence-electron chi connectivity index (χ3n) is 3.52. The molecule has 0 unspecified atom stereocenters. The first-order valence-corrected chi connectivity index (χ1v) is 6.74. The molecule has 0 saturated heterocycles. The SMILES string of the molecule is CCCC(CC)(CC)c1cccc(Br)c1. The number of halogens is 1. The van der Waals surface area contributed by atoms with E-state index in [0.717, 1.165) is 0 Å². The van der Waals surface area contributed by atoms with E-state index in [1.807, 2.05) is 0 Å². The van der Waals surface area contributed by atoms with Gasteiger partial charge in [-0.3, -0.25) is 0 Å². The lowest BCUT2D eigenvalue weighted by atomic mass is 9.73. The lowest BCUT2D eigenvalue weighted by molar-refractivity contribution is 0.361. The first kappa shape index (κ1) is 12.8. The van der Waals surface area contributed by atoms with Crippen molar-refractivity contribution in [3.63, 3.8) is 0 Å². The van der Waals surface area contributed by atoms with Crippen molar-refractivity contribution in [3.05, 3.63) is 34.3 Å². The van der Waals surface area contributed by atoms with Crippen LogP contribution in [0.4, 0.5) is 0 Å². The van der Waals surface area contributed by atoms with Crippen LogP contribution in [0.1, 0.15) is 52.0 Å². The van der Waals surface area contributed by atoms with Crippen LogP contribution in [0, 0.1) is 0 Å². The van der Waals surface area contributed by atoms with E-state index in [0.29, 0.717) is 5.41 Å². The summed E-state index contributed by atoms with van der Waals surface area (Å²) in [6.45, 7) is 6.89. The maximum Gasteiger partial charge on any atom is 0.0178 e. The topological polar surface area (TPSA) is 0 Å². The standard InChI is InChI=1S/C14H21Br/c1-4-10-14(5-2,6-3)12-8-7-9-13(15)11-12/h7-9,11H,4-6,10H2,1-3H3. The van der Waals surface area contributed by atoms with Crippen LogP contribution in [0.5, 0.6) is 0 Å². The van der Waals surface area contributed by atoms with Crippen LogP contribution in [0.25, 0.3) is 0 Å². The van der Waals surface area contributed by atoms with Gasteiger partial charge < -0.3 is 0 Å². The summed E-state index contributed by atoms with van der Waals surface area (Å²) >= 11 is 3.56. The molecule has 0 heterocycles. The van der Waals surface area contributed by atoms with E-state index in [9.17, 15) is 0 Å². The fourth-order valence-electron chi connectivity index (χ4n) is 2.45. The minimum absolute atomic E-state index is 0.387. The molecule has 0 fully saturated rings. The summed E-state index contributed by atoms with van der Waals surface area (Å²) in [4.78, 5) is 0. The van der Waals surface area contributed by atoms with E-state index in [1.165, 1.54) is 35.7 Å². The van der Waals surface area contributed by atoms with Crippen LogP contribution in [-0.2, 0) is 5.41 Å². The first-order chi connectivity index (χ1) is 7.18. The van der Waals surface area contributed by atoms with E-state index in [1.54, 1.807) is 0 Å². The molecule has 1 rings (SSSR count). The molecule has 84 valence electrons. The fraction of sp³-hybridized carbons (Fsp3) is 0.571. The molecule has 15 heavy (non-hydrogen) atoms. The van der Waals surface area contributed by atoms with E-state index < -0.39 is 0 Å². The molecule has 1 heteroatoms. The van der Waals surface area contributed by atoms with Crippen LogP contribution < -0.4 is 0 Å². The summed E-state index contributed by atoms with van der Waals surface area (Å²) in [5.74, 6) is 0. The Hall–Kier alpha value is -0.300. The molecular formula is C14H21Br. The van der Waals surface area contributed by atoms with Crippen LogP contribution in [0.2, 0.25) is 0 Å². The highest BCUT2D eigenvalue weighted by molar-refractivity contribution is 9.10. The van der Waals surface area contributed by atoms with Crippen molar-refractivity contribution in [2.75, 3.05) is 0 Å². The highest BCUT2D eigenvalue weighted by atomic mass is 79.9. The van der Waals surface area contributed by atoms with Crippen molar-refractivity contribution < 1.29 is 0 Å². The molecule has 0 aliphatic carbocycles. The van der Waals surface area contributed by atoms with Gasteiger partial charge >= 0.3 is 0 Å².